The van der Waals surface area contributed by atoms with Crippen molar-refractivity contribution in [3.63, 3.8) is 0 Å². The van der Waals surface area contributed by atoms with Gasteiger partial charge in [0.15, 0.2) is 0 Å². The van der Waals surface area contributed by atoms with Crippen molar-refractivity contribution in [1.29, 1.82) is 0 Å². The third kappa shape index (κ3) is 1.38. The first-order chi connectivity index (χ1) is 7.27. The van der Waals surface area contributed by atoms with Crippen molar-refractivity contribution in [3.05, 3.63) is 0 Å². The van der Waals surface area contributed by atoms with Gasteiger partial charge in [-0.25, -0.2) is 10.9 Å². The topological polar surface area (TPSA) is 73.4 Å². The fraction of sp³-hybridized carbons (Fsp3) is 0.900. The molecule has 0 aromatic heterocycles. The summed E-state index contributed by atoms with van der Waals surface area (Å²) in [5, 5.41) is 12.6. The number of hydrogen-bond acceptors (Lipinski definition) is 4. The molecule has 3 rings (SSSR count). The zero-order chi connectivity index (χ0) is 10.4. The molecule has 0 amide bonds. The molecule has 3 aliphatic rings. The van der Waals surface area contributed by atoms with Crippen LogP contribution in [0.3, 0.4) is 0 Å². The molecule has 3 fully saturated rings. The average molecular weight is 211 g/mol. The summed E-state index contributed by atoms with van der Waals surface area (Å²) >= 11 is 0. The average Bonchev–Trinajstić information content (AvgIpc) is 2.74. The van der Waals surface area contributed by atoms with Gasteiger partial charge in [-0.15, -0.1) is 0 Å². The second-order valence-electron chi connectivity index (χ2n) is 4.88. The fourth-order valence-electron chi connectivity index (χ4n) is 3.50. The molecule has 84 valence electrons. The van der Waals surface area contributed by atoms with Gasteiger partial charge in [-0.1, -0.05) is 12.8 Å². The highest BCUT2D eigenvalue weighted by molar-refractivity contribution is 5.74. The number of rotatable bonds is 1. The number of hydrazine groups is 1. The van der Waals surface area contributed by atoms with Gasteiger partial charge in [0, 0.05) is 12.0 Å². The standard InChI is InChI=1S/C10H17N3O2/c14-10(15)8-7-5-3-1-2-4-6(5)11-9(7)13-12-8/h5-9,11-13H,1-4H2,(H,14,15). The molecule has 4 N–H and O–H groups in total. The Labute approximate surface area is 88.6 Å². The van der Waals surface area contributed by atoms with Crippen LogP contribution in [0.5, 0.6) is 0 Å². The minimum atomic E-state index is -0.733. The van der Waals surface area contributed by atoms with Crippen molar-refractivity contribution in [2.75, 3.05) is 0 Å². The van der Waals surface area contributed by atoms with Gasteiger partial charge in [0.1, 0.15) is 6.04 Å². The smallest absolute Gasteiger partial charge is 0.322 e. The van der Waals surface area contributed by atoms with E-state index in [0.29, 0.717) is 12.0 Å². The van der Waals surface area contributed by atoms with Crippen molar-refractivity contribution in [2.24, 2.45) is 11.8 Å². The SMILES string of the molecule is O=C(O)C1NNC2NC3CCCCC3C21. The second kappa shape index (κ2) is 3.43. The molecule has 2 saturated heterocycles. The van der Waals surface area contributed by atoms with Gasteiger partial charge in [-0.3, -0.25) is 10.1 Å². The maximum atomic E-state index is 11.1. The zero-order valence-electron chi connectivity index (χ0n) is 8.57. The number of carbonyl (C=O) groups is 1. The van der Waals surface area contributed by atoms with Crippen LogP contribution in [0.15, 0.2) is 0 Å². The number of fused-ring (bicyclic) bond motifs is 3. The lowest BCUT2D eigenvalue weighted by Crippen LogP contribution is -2.46. The molecule has 5 atom stereocenters. The summed E-state index contributed by atoms with van der Waals surface area (Å²) in [5.41, 5.74) is 5.94. The molecular formula is C10H17N3O2. The third-order valence-corrected chi connectivity index (χ3v) is 4.14. The van der Waals surface area contributed by atoms with Crippen LogP contribution in [-0.2, 0) is 4.79 Å². The Bertz CT molecular complexity index is 284. The van der Waals surface area contributed by atoms with E-state index in [-0.39, 0.29) is 12.1 Å². The normalized spacial score (nSPS) is 48.7. The van der Waals surface area contributed by atoms with Gasteiger partial charge in [-0.05, 0) is 18.8 Å². The van der Waals surface area contributed by atoms with Crippen LogP contribution in [-0.4, -0.2) is 29.3 Å². The summed E-state index contributed by atoms with van der Waals surface area (Å²) in [5.74, 6) is 0.0168. The van der Waals surface area contributed by atoms with Gasteiger partial charge >= 0.3 is 5.97 Å². The predicted molar refractivity (Wildman–Crippen MR) is 53.9 cm³/mol. The lowest BCUT2D eigenvalue weighted by Gasteiger charge is -2.29. The van der Waals surface area contributed by atoms with Crippen LogP contribution in [0.4, 0.5) is 0 Å². The van der Waals surface area contributed by atoms with E-state index in [9.17, 15) is 4.79 Å². The van der Waals surface area contributed by atoms with Crippen LogP contribution in [0.25, 0.3) is 0 Å². The Morgan fingerprint density at radius 1 is 1.20 bits per heavy atom. The van der Waals surface area contributed by atoms with E-state index in [1.165, 1.54) is 25.7 Å². The highest BCUT2D eigenvalue weighted by Crippen LogP contribution is 2.40. The molecule has 0 radical (unpaired) electrons. The summed E-state index contributed by atoms with van der Waals surface area (Å²) in [6.07, 6.45) is 5.05. The van der Waals surface area contributed by atoms with Gasteiger partial charge in [0.2, 0.25) is 0 Å². The minimum absolute atomic E-state index is 0.152. The van der Waals surface area contributed by atoms with E-state index < -0.39 is 12.0 Å². The van der Waals surface area contributed by atoms with Gasteiger partial charge in [-0.2, -0.15) is 0 Å². The number of carboxylic acids is 1. The molecule has 5 heteroatoms. The first-order valence-corrected chi connectivity index (χ1v) is 5.77. The largest absolute Gasteiger partial charge is 0.480 e. The molecule has 2 aliphatic heterocycles. The molecule has 15 heavy (non-hydrogen) atoms. The van der Waals surface area contributed by atoms with Crippen LogP contribution in [0.1, 0.15) is 25.7 Å². The van der Waals surface area contributed by atoms with Crippen molar-refractivity contribution in [2.45, 2.75) is 43.9 Å². The van der Waals surface area contributed by atoms with Crippen LogP contribution >= 0.6 is 0 Å². The van der Waals surface area contributed by atoms with E-state index in [1.807, 2.05) is 0 Å². The van der Waals surface area contributed by atoms with Crippen LogP contribution in [0.2, 0.25) is 0 Å². The number of nitrogens with one attached hydrogen (secondary N) is 3. The molecule has 5 unspecified atom stereocenters. The van der Waals surface area contributed by atoms with Gasteiger partial charge in [0.05, 0.1) is 6.17 Å². The highest BCUT2D eigenvalue weighted by atomic mass is 16.4. The summed E-state index contributed by atoms with van der Waals surface area (Å²) in [6.45, 7) is 0. The summed E-state index contributed by atoms with van der Waals surface area (Å²) < 4.78 is 0. The van der Waals surface area contributed by atoms with E-state index in [2.05, 4.69) is 16.2 Å². The van der Waals surface area contributed by atoms with E-state index in [1.54, 1.807) is 0 Å². The lowest BCUT2D eigenvalue weighted by atomic mass is 9.77. The Balaban J connectivity index is 1.82. The molecule has 1 saturated carbocycles. The number of aliphatic carboxylic acids is 1. The fourth-order valence-corrected chi connectivity index (χ4v) is 3.50. The number of hydrogen-bond donors (Lipinski definition) is 4. The zero-order valence-corrected chi connectivity index (χ0v) is 8.57. The molecule has 0 aromatic rings. The first-order valence-electron chi connectivity index (χ1n) is 5.77. The maximum absolute atomic E-state index is 11.1. The Morgan fingerprint density at radius 2 is 2.00 bits per heavy atom. The molecular weight excluding hydrogens is 194 g/mol. The monoisotopic (exact) mass is 211 g/mol. The van der Waals surface area contributed by atoms with E-state index in [0.717, 1.165) is 0 Å². The summed E-state index contributed by atoms with van der Waals surface area (Å²) in [7, 11) is 0. The Morgan fingerprint density at radius 3 is 2.80 bits per heavy atom. The van der Waals surface area contributed by atoms with Gasteiger partial charge in [0.25, 0.3) is 0 Å². The van der Waals surface area contributed by atoms with Crippen LogP contribution < -0.4 is 16.2 Å². The highest BCUT2D eigenvalue weighted by Gasteiger charge is 2.52. The van der Waals surface area contributed by atoms with Crippen molar-refractivity contribution in [1.82, 2.24) is 16.2 Å². The molecule has 0 bridgehead atoms. The summed E-state index contributed by atoms with van der Waals surface area (Å²) in [6, 6.07) is 0.112. The lowest BCUT2D eigenvalue weighted by molar-refractivity contribution is -0.140. The maximum Gasteiger partial charge on any atom is 0.322 e. The molecule has 0 aromatic carbocycles. The molecule has 5 nitrogen and oxygen atoms in total. The van der Waals surface area contributed by atoms with E-state index >= 15 is 0 Å². The minimum Gasteiger partial charge on any atom is -0.480 e. The van der Waals surface area contributed by atoms with Crippen molar-refractivity contribution >= 4 is 5.97 Å². The van der Waals surface area contributed by atoms with E-state index in [4.69, 9.17) is 5.11 Å². The number of carboxylic acid groups (broad SMARTS) is 1. The summed E-state index contributed by atoms with van der Waals surface area (Å²) in [4.78, 5) is 11.1. The van der Waals surface area contributed by atoms with Crippen molar-refractivity contribution < 1.29 is 9.90 Å². The van der Waals surface area contributed by atoms with Gasteiger partial charge < -0.3 is 5.11 Å². The second-order valence-corrected chi connectivity index (χ2v) is 4.88. The molecule has 2 heterocycles. The first kappa shape index (κ1) is 9.57. The molecule has 1 aliphatic carbocycles. The molecule has 0 spiro atoms. The quantitative estimate of drug-likeness (QED) is 0.477. The van der Waals surface area contributed by atoms with Crippen molar-refractivity contribution in [3.8, 4) is 0 Å². The van der Waals surface area contributed by atoms with Crippen LogP contribution in [0, 0.1) is 11.8 Å². The Hall–Kier alpha value is -0.650. The predicted octanol–water partition coefficient (Wildman–Crippen LogP) is -0.348. The Kier molecular flexibility index (Phi) is 2.19. The third-order valence-electron chi connectivity index (χ3n) is 4.14.